The van der Waals surface area contributed by atoms with E-state index in [0.29, 0.717) is 35.0 Å². The van der Waals surface area contributed by atoms with Crippen LogP contribution in [0.4, 0.5) is 34.8 Å². The number of hydrogen-bond donors (Lipinski definition) is 3. The molecule has 0 saturated heterocycles. The number of aromatic nitrogens is 4. The minimum Gasteiger partial charge on any atom is -0.479 e. The van der Waals surface area contributed by atoms with Gasteiger partial charge in [0, 0.05) is 24.7 Å². The lowest BCUT2D eigenvalue weighted by atomic mass is 9.87. The lowest BCUT2D eigenvalue weighted by molar-refractivity contribution is -0.111. The quantitative estimate of drug-likeness (QED) is 0.468. The first-order chi connectivity index (χ1) is 15.9. The minimum absolute atomic E-state index is 0.0365. The van der Waals surface area contributed by atoms with Gasteiger partial charge in [0.2, 0.25) is 23.7 Å². The Morgan fingerprint density at radius 2 is 2.00 bits per heavy atom. The Morgan fingerprint density at radius 1 is 1.21 bits per heavy atom. The van der Waals surface area contributed by atoms with E-state index in [1.807, 2.05) is 12.1 Å². The van der Waals surface area contributed by atoms with E-state index in [1.54, 1.807) is 13.1 Å². The number of carbonyl (C=O) groups excluding carboxylic acids is 1. The highest BCUT2D eigenvalue weighted by Gasteiger charge is 2.36. The van der Waals surface area contributed by atoms with Crippen LogP contribution >= 0.6 is 0 Å². The fourth-order valence-electron chi connectivity index (χ4n) is 3.83. The number of nitrogens with one attached hydrogen (secondary N) is 3. The molecule has 3 heterocycles. The highest BCUT2D eigenvalue weighted by molar-refractivity contribution is 6.01. The summed E-state index contributed by atoms with van der Waals surface area (Å²) in [5.74, 6) is 1.25. The number of anilines is 6. The zero-order valence-electron chi connectivity index (χ0n) is 19.0. The molecule has 1 aromatic carbocycles. The van der Waals surface area contributed by atoms with Crippen LogP contribution in [-0.4, -0.2) is 46.5 Å². The number of rotatable bonds is 7. The lowest BCUT2D eigenvalue weighted by Crippen LogP contribution is -2.26. The zero-order valence-corrected chi connectivity index (χ0v) is 19.0. The van der Waals surface area contributed by atoms with Gasteiger partial charge < -0.3 is 25.6 Å². The van der Waals surface area contributed by atoms with E-state index in [9.17, 15) is 4.79 Å². The summed E-state index contributed by atoms with van der Waals surface area (Å²) in [4.78, 5) is 31.6. The number of ether oxygens (including phenoxy) is 1. The van der Waals surface area contributed by atoms with Gasteiger partial charge >= 0.3 is 0 Å². The normalized spacial score (nSPS) is 13.8. The molecule has 170 valence electrons. The van der Waals surface area contributed by atoms with E-state index < -0.39 is 0 Å². The number of pyridine rings is 1. The molecule has 10 heteroatoms. The van der Waals surface area contributed by atoms with Crippen molar-refractivity contribution < 1.29 is 9.53 Å². The standard InChI is InChI=1S/C23H26N8O2/c1-6-18(32)27-15-11-16(20(33-5)29-19(15)24-4)28-21-25-13-26-22(30-21)31-12-23(2,3)14-9-7-8-10-17(14)31/h6-11,13H,1,12H2,2-5H3,(H,24,29)(H,27,32)(H,25,26,28,30). The fourth-order valence-corrected chi connectivity index (χ4v) is 3.83. The summed E-state index contributed by atoms with van der Waals surface area (Å²) in [5, 5.41) is 8.80. The molecule has 0 fully saturated rings. The van der Waals surface area contributed by atoms with Crippen molar-refractivity contribution in [1.29, 1.82) is 0 Å². The molecule has 33 heavy (non-hydrogen) atoms. The van der Waals surface area contributed by atoms with Gasteiger partial charge in [-0.2, -0.15) is 9.97 Å². The summed E-state index contributed by atoms with van der Waals surface area (Å²) in [6, 6.07) is 9.94. The molecule has 2 aromatic heterocycles. The number of methoxy groups -OCH3 is 1. The van der Waals surface area contributed by atoms with Crippen LogP contribution in [-0.2, 0) is 10.2 Å². The molecule has 0 aliphatic carbocycles. The highest BCUT2D eigenvalue weighted by atomic mass is 16.5. The molecule has 1 amide bonds. The van der Waals surface area contributed by atoms with E-state index >= 15 is 0 Å². The molecule has 0 unspecified atom stereocenters. The molecule has 0 spiro atoms. The van der Waals surface area contributed by atoms with Crippen LogP contribution in [0.3, 0.4) is 0 Å². The molecule has 10 nitrogen and oxygen atoms in total. The lowest BCUT2D eigenvalue weighted by Gasteiger charge is -2.21. The van der Waals surface area contributed by atoms with Gasteiger partial charge in [-0.05, 0) is 23.8 Å². The van der Waals surface area contributed by atoms with Crippen molar-refractivity contribution in [1.82, 2.24) is 19.9 Å². The maximum Gasteiger partial charge on any atom is 0.247 e. The largest absolute Gasteiger partial charge is 0.479 e. The molecular weight excluding hydrogens is 420 g/mol. The third-order valence-electron chi connectivity index (χ3n) is 5.39. The third-order valence-corrected chi connectivity index (χ3v) is 5.39. The molecule has 0 atom stereocenters. The number of para-hydroxylation sites is 1. The van der Waals surface area contributed by atoms with Crippen LogP contribution in [0, 0.1) is 0 Å². The molecule has 3 N–H and O–H groups in total. The third kappa shape index (κ3) is 4.27. The van der Waals surface area contributed by atoms with Crippen LogP contribution in [0.1, 0.15) is 19.4 Å². The van der Waals surface area contributed by atoms with Crippen LogP contribution < -0.4 is 25.6 Å². The number of amides is 1. The van der Waals surface area contributed by atoms with E-state index in [1.165, 1.54) is 25.1 Å². The molecule has 0 radical (unpaired) electrons. The summed E-state index contributed by atoms with van der Waals surface area (Å²) in [6.45, 7) is 8.63. The Hall–Kier alpha value is -4.21. The van der Waals surface area contributed by atoms with Crippen LogP contribution in [0.15, 0.2) is 49.3 Å². The van der Waals surface area contributed by atoms with Gasteiger partial charge in [0.1, 0.15) is 12.0 Å². The number of carbonyl (C=O) groups is 1. The first-order valence-corrected chi connectivity index (χ1v) is 10.4. The van der Waals surface area contributed by atoms with E-state index in [0.717, 1.165) is 12.2 Å². The Labute approximate surface area is 192 Å². The second-order valence-electron chi connectivity index (χ2n) is 8.11. The Morgan fingerprint density at radius 3 is 2.73 bits per heavy atom. The van der Waals surface area contributed by atoms with Gasteiger partial charge in [0.25, 0.3) is 0 Å². The summed E-state index contributed by atoms with van der Waals surface area (Å²) in [6.07, 6.45) is 2.64. The minimum atomic E-state index is -0.359. The summed E-state index contributed by atoms with van der Waals surface area (Å²) >= 11 is 0. The molecule has 0 bridgehead atoms. The Kier molecular flexibility index (Phi) is 5.82. The second kappa shape index (κ2) is 8.73. The average Bonchev–Trinajstić information content (AvgIpc) is 3.10. The Balaban J connectivity index is 1.67. The topological polar surface area (TPSA) is 117 Å². The summed E-state index contributed by atoms with van der Waals surface area (Å²) in [7, 11) is 3.21. The number of fused-ring (bicyclic) bond motifs is 1. The molecule has 1 aliphatic heterocycles. The van der Waals surface area contributed by atoms with E-state index in [-0.39, 0.29) is 11.3 Å². The van der Waals surface area contributed by atoms with Crippen molar-refractivity contribution in [2.75, 3.05) is 41.6 Å². The molecule has 1 aliphatic rings. The van der Waals surface area contributed by atoms with Crippen molar-refractivity contribution >= 4 is 40.7 Å². The highest BCUT2D eigenvalue weighted by Crippen LogP contribution is 2.43. The molecule has 3 aromatic rings. The maximum atomic E-state index is 11.8. The van der Waals surface area contributed by atoms with Gasteiger partial charge in [-0.25, -0.2) is 9.97 Å². The van der Waals surface area contributed by atoms with Gasteiger partial charge in [0.05, 0.1) is 12.8 Å². The van der Waals surface area contributed by atoms with Gasteiger partial charge in [0.15, 0.2) is 5.82 Å². The number of benzene rings is 1. The van der Waals surface area contributed by atoms with Crippen LogP contribution in [0.2, 0.25) is 0 Å². The fraction of sp³-hybridized carbons (Fsp3) is 0.261. The first kappa shape index (κ1) is 22.0. The van der Waals surface area contributed by atoms with Crippen molar-refractivity contribution in [3.63, 3.8) is 0 Å². The van der Waals surface area contributed by atoms with Crippen LogP contribution in [0.5, 0.6) is 5.88 Å². The second-order valence-corrected chi connectivity index (χ2v) is 8.11. The van der Waals surface area contributed by atoms with Crippen LogP contribution in [0.25, 0.3) is 0 Å². The van der Waals surface area contributed by atoms with Gasteiger partial charge in [-0.3, -0.25) is 4.79 Å². The zero-order chi connectivity index (χ0) is 23.6. The first-order valence-electron chi connectivity index (χ1n) is 10.4. The average molecular weight is 447 g/mol. The van der Waals surface area contributed by atoms with Crippen molar-refractivity contribution in [3.05, 3.63) is 54.9 Å². The number of hydrogen-bond acceptors (Lipinski definition) is 9. The smallest absolute Gasteiger partial charge is 0.247 e. The van der Waals surface area contributed by atoms with E-state index in [2.05, 4.69) is 73.3 Å². The molecular formula is C23H26N8O2. The summed E-state index contributed by atoms with van der Waals surface area (Å²) < 4.78 is 5.42. The predicted molar refractivity (Wildman–Crippen MR) is 129 cm³/mol. The van der Waals surface area contributed by atoms with Gasteiger partial charge in [-0.15, -0.1) is 0 Å². The predicted octanol–water partition coefficient (Wildman–Crippen LogP) is 3.61. The Bertz CT molecular complexity index is 1210. The van der Waals surface area contributed by atoms with Crippen molar-refractivity contribution in [2.24, 2.45) is 0 Å². The van der Waals surface area contributed by atoms with Gasteiger partial charge in [-0.1, -0.05) is 38.6 Å². The maximum absolute atomic E-state index is 11.8. The molecule has 0 saturated carbocycles. The monoisotopic (exact) mass is 446 g/mol. The van der Waals surface area contributed by atoms with E-state index in [4.69, 9.17) is 4.74 Å². The van der Waals surface area contributed by atoms with Crippen molar-refractivity contribution in [2.45, 2.75) is 19.3 Å². The number of nitrogens with zero attached hydrogens (tertiary/aromatic N) is 5. The SMILES string of the molecule is C=CC(=O)Nc1cc(Nc2ncnc(N3CC(C)(C)c4ccccc43)n2)c(OC)nc1NC. The summed E-state index contributed by atoms with van der Waals surface area (Å²) in [5.41, 5.74) is 3.22. The molecule has 4 rings (SSSR count). The van der Waals surface area contributed by atoms with Crippen molar-refractivity contribution in [3.8, 4) is 5.88 Å².